The van der Waals surface area contributed by atoms with Gasteiger partial charge >= 0.3 is 0 Å². The third-order valence-corrected chi connectivity index (χ3v) is 2.66. The lowest BCUT2D eigenvalue weighted by atomic mass is 10.2. The predicted molar refractivity (Wildman–Crippen MR) is 70.0 cm³/mol. The van der Waals surface area contributed by atoms with Crippen molar-refractivity contribution in [3.05, 3.63) is 18.0 Å². The molecule has 0 bridgehead atoms. The highest BCUT2D eigenvalue weighted by Gasteiger charge is 2.11. The molecule has 5 nitrogen and oxygen atoms in total. The molecule has 0 amide bonds. The number of rotatable bonds is 8. The molecule has 1 rings (SSSR count). The first-order valence-corrected chi connectivity index (χ1v) is 6.17. The Labute approximate surface area is 108 Å². The van der Waals surface area contributed by atoms with E-state index < -0.39 is 0 Å². The van der Waals surface area contributed by atoms with Gasteiger partial charge in [0, 0.05) is 25.4 Å². The quantitative estimate of drug-likeness (QED) is 0.733. The van der Waals surface area contributed by atoms with Crippen molar-refractivity contribution in [2.45, 2.75) is 32.4 Å². The lowest BCUT2D eigenvalue weighted by Crippen LogP contribution is -2.26. The minimum atomic E-state index is -0.313. The minimum absolute atomic E-state index is 0.313. The summed E-state index contributed by atoms with van der Waals surface area (Å²) in [4.78, 5) is 4.25. The first-order valence-electron chi connectivity index (χ1n) is 6.17. The molecule has 1 aromatic rings. The van der Waals surface area contributed by atoms with Gasteiger partial charge in [0.05, 0.1) is 26.0 Å². The molecule has 102 valence electrons. The second kappa shape index (κ2) is 7.89. The van der Waals surface area contributed by atoms with E-state index in [0.29, 0.717) is 24.6 Å². The van der Waals surface area contributed by atoms with Gasteiger partial charge in [-0.2, -0.15) is 0 Å². The molecule has 0 saturated carbocycles. The number of aliphatic hydroxyl groups excluding tert-OH is 1. The van der Waals surface area contributed by atoms with E-state index in [-0.39, 0.29) is 6.10 Å². The first kappa shape index (κ1) is 14.7. The van der Waals surface area contributed by atoms with Crippen LogP contribution < -0.4 is 14.8 Å². The summed E-state index contributed by atoms with van der Waals surface area (Å²) in [6, 6.07) is 1.76. The highest BCUT2D eigenvalue weighted by atomic mass is 16.5. The zero-order valence-corrected chi connectivity index (χ0v) is 11.3. The third-order valence-electron chi connectivity index (χ3n) is 2.66. The fourth-order valence-electron chi connectivity index (χ4n) is 1.77. The molecule has 0 aliphatic rings. The molecule has 0 spiro atoms. The van der Waals surface area contributed by atoms with Crippen LogP contribution in [0.1, 0.15) is 25.5 Å². The van der Waals surface area contributed by atoms with Gasteiger partial charge < -0.3 is 19.9 Å². The van der Waals surface area contributed by atoms with E-state index >= 15 is 0 Å². The molecule has 1 heterocycles. The maximum atomic E-state index is 9.62. The topological polar surface area (TPSA) is 63.6 Å². The average Bonchev–Trinajstić information content (AvgIpc) is 2.38. The second-order valence-electron chi connectivity index (χ2n) is 4.07. The summed E-state index contributed by atoms with van der Waals surface area (Å²) in [5.41, 5.74) is 0.778. The van der Waals surface area contributed by atoms with Gasteiger partial charge in [-0.05, 0) is 6.42 Å². The number of ether oxygens (including phenoxy) is 2. The van der Waals surface area contributed by atoms with Crippen molar-refractivity contribution in [2.24, 2.45) is 0 Å². The zero-order chi connectivity index (χ0) is 13.4. The summed E-state index contributed by atoms with van der Waals surface area (Å²) in [7, 11) is 3.19. The van der Waals surface area contributed by atoms with Crippen LogP contribution in [0.25, 0.3) is 0 Å². The van der Waals surface area contributed by atoms with Gasteiger partial charge in [0.25, 0.3) is 0 Å². The van der Waals surface area contributed by atoms with Crippen LogP contribution >= 0.6 is 0 Å². The Hall–Kier alpha value is -1.33. The van der Waals surface area contributed by atoms with E-state index in [9.17, 15) is 5.11 Å². The molecular formula is C13H22N2O3. The van der Waals surface area contributed by atoms with Gasteiger partial charge in [-0.15, -0.1) is 0 Å². The molecule has 0 radical (unpaired) electrons. The maximum absolute atomic E-state index is 9.62. The molecule has 0 aliphatic carbocycles. The number of hydrogen-bond acceptors (Lipinski definition) is 5. The Morgan fingerprint density at radius 2 is 2.17 bits per heavy atom. The molecule has 1 aromatic heterocycles. The van der Waals surface area contributed by atoms with Crippen LogP contribution in [0.15, 0.2) is 12.3 Å². The highest BCUT2D eigenvalue weighted by molar-refractivity contribution is 5.42. The van der Waals surface area contributed by atoms with Crippen LogP contribution in [0, 0.1) is 0 Å². The lowest BCUT2D eigenvalue weighted by molar-refractivity contribution is 0.160. The van der Waals surface area contributed by atoms with E-state index in [4.69, 9.17) is 9.47 Å². The van der Waals surface area contributed by atoms with Crippen LogP contribution in [0.4, 0.5) is 0 Å². The number of aromatic nitrogens is 1. The SMILES string of the molecule is CCCC(O)CNCc1nccc(OC)c1OC. The van der Waals surface area contributed by atoms with E-state index in [2.05, 4.69) is 17.2 Å². The van der Waals surface area contributed by atoms with Crippen molar-refractivity contribution in [3.8, 4) is 11.5 Å². The van der Waals surface area contributed by atoms with Gasteiger partial charge in [0.15, 0.2) is 11.5 Å². The van der Waals surface area contributed by atoms with Gasteiger partial charge in [-0.3, -0.25) is 4.98 Å². The number of aliphatic hydroxyl groups is 1. The standard InChI is InChI=1S/C13H22N2O3/c1-4-5-10(16)8-14-9-11-13(18-3)12(17-2)6-7-15-11/h6-7,10,14,16H,4-5,8-9H2,1-3H3. The van der Waals surface area contributed by atoms with Crippen molar-refractivity contribution in [1.82, 2.24) is 10.3 Å². The van der Waals surface area contributed by atoms with Gasteiger partial charge in [-0.25, -0.2) is 0 Å². The van der Waals surface area contributed by atoms with Crippen LogP contribution in [0.2, 0.25) is 0 Å². The van der Waals surface area contributed by atoms with E-state index in [0.717, 1.165) is 18.5 Å². The molecule has 5 heteroatoms. The average molecular weight is 254 g/mol. The highest BCUT2D eigenvalue weighted by Crippen LogP contribution is 2.28. The number of pyridine rings is 1. The third kappa shape index (κ3) is 4.16. The molecule has 0 fully saturated rings. The Balaban J connectivity index is 2.56. The second-order valence-corrected chi connectivity index (χ2v) is 4.07. The Bertz CT molecular complexity index is 358. The lowest BCUT2D eigenvalue weighted by Gasteiger charge is -2.13. The number of nitrogens with one attached hydrogen (secondary N) is 1. The van der Waals surface area contributed by atoms with Crippen molar-refractivity contribution >= 4 is 0 Å². The fraction of sp³-hybridized carbons (Fsp3) is 0.615. The van der Waals surface area contributed by atoms with Gasteiger partial charge in [0.2, 0.25) is 0 Å². The predicted octanol–water partition coefficient (Wildman–Crippen LogP) is 1.35. The summed E-state index contributed by atoms with van der Waals surface area (Å²) in [5, 5.41) is 12.8. The number of methoxy groups -OCH3 is 2. The summed E-state index contributed by atoms with van der Waals surface area (Å²) in [5.74, 6) is 1.30. The summed E-state index contributed by atoms with van der Waals surface area (Å²) >= 11 is 0. The number of hydrogen-bond donors (Lipinski definition) is 2. The summed E-state index contributed by atoms with van der Waals surface area (Å²) < 4.78 is 10.5. The van der Waals surface area contributed by atoms with E-state index in [1.807, 2.05) is 0 Å². The summed E-state index contributed by atoms with van der Waals surface area (Å²) in [6.07, 6.45) is 3.15. The molecule has 2 N–H and O–H groups in total. The Kier molecular flexibility index (Phi) is 6.46. The molecule has 18 heavy (non-hydrogen) atoms. The van der Waals surface area contributed by atoms with Crippen molar-refractivity contribution < 1.29 is 14.6 Å². The molecule has 0 saturated heterocycles. The van der Waals surface area contributed by atoms with Gasteiger partial charge in [0.1, 0.15) is 0 Å². The summed E-state index contributed by atoms with van der Waals surface area (Å²) in [6.45, 7) is 3.15. The molecule has 0 aromatic carbocycles. The minimum Gasteiger partial charge on any atom is -0.493 e. The van der Waals surface area contributed by atoms with Crippen molar-refractivity contribution in [1.29, 1.82) is 0 Å². The molecule has 1 unspecified atom stereocenters. The monoisotopic (exact) mass is 254 g/mol. The normalized spacial score (nSPS) is 12.2. The van der Waals surface area contributed by atoms with Crippen molar-refractivity contribution in [3.63, 3.8) is 0 Å². The van der Waals surface area contributed by atoms with E-state index in [1.54, 1.807) is 26.5 Å². The smallest absolute Gasteiger partial charge is 0.183 e. The van der Waals surface area contributed by atoms with Crippen LogP contribution in [-0.4, -0.2) is 37.0 Å². The maximum Gasteiger partial charge on any atom is 0.183 e. The van der Waals surface area contributed by atoms with E-state index in [1.165, 1.54) is 0 Å². The van der Waals surface area contributed by atoms with Crippen LogP contribution in [-0.2, 0) is 6.54 Å². The Morgan fingerprint density at radius 1 is 1.39 bits per heavy atom. The Morgan fingerprint density at radius 3 is 2.78 bits per heavy atom. The van der Waals surface area contributed by atoms with Crippen molar-refractivity contribution in [2.75, 3.05) is 20.8 Å². The first-order chi connectivity index (χ1) is 8.72. The zero-order valence-electron chi connectivity index (χ0n) is 11.3. The largest absolute Gasteiger partial charge is 0.493 e. The molecular weight excluding hydrogens is 232 g/mol. The number of nitrogens with zero attached hydrogens (tertiary/aromatic N) is 1. The molecule has 0 aliphatic heterocycles. The van der Waals surface area contributed by atoms with Gasteiger partial charge in [-0.1, -0.05) is 13.3 Å². The fourth-order valence-corrected chi connectivity index (χ4v) is 1.77. The van der Waals surface area contributed by atoms with Crippen LogP contribution in [0.5, 0.6) is 11.5 Å². The van der Waals surface area contributed by atoms with Crippen LogP contribution in [0.3, 0.4) is 0 Å². The molecule has 1 atom stereocenters.